The monoisotopic (exact) mass is 275 g/mol. The average molecular weight is 275 g/mol. The lowest BCUT2D eigenvalue weighted by Crippen LogP contribution is -2.08. The third-order valence-corrected chi connectivity index (χ3v) is 3.06. The standard InChI is InChI=1S/C15H21N3O2/c1-11-4-5-13(15(8-11)20-7-6-19-3)16-9-14-12(2)17-10-18-14/h4-5,8,10,16H,6-7,9H2,1-3H3,(H,17,18). The van der Waals surface area contributed by atoms with Crippen LogP contribution in [-0.2, 0) is 11.3 Å². The van der Waals surface area contributed by atoms with Crippen molar-refractivity contribution in [3.63, 3.8) is 0 Å². The molecule has 2 aromatic rings. The van der Waals surface area contributed by atoms with E-state index in [-0.39, 0.29) is 0 Å². The van der Waals surface area contributed by atoms with E-state index in [1.54, 1.807) is 13.4 Å². The van der Waals surface area contributed by atoms with Crippen molar-refractivity contribution in [3.8, 4) is 5.75 Å². The van der Waals surface area contributed by atoms with E-state index in [9.17, 15) is 0 Å². The van der Waals surface area contributed by atoms with E-state index >= 15 is 0 Å². The van der Waals surface area contributed by atoms with Gasteiger partial charge in [0, 0.05) is 12.8 Å². The predicted octanol–water partition coefficient (Wildman–Crippen LogP) is 2.66. The topological polar surface area (TPSA) is 59.2 Å². The summed E-state index contributed by atoms with van der Waals surface area (Å²) in [5.74, 6) is 0.843. The predicted molar refractivity (Wildman–Crippen MR) is 79.2 cm³/mol. The Labute approximate surface area is 119 Å². The maximum absolute atomic E-state index is 5.74. The molecule has 108 valence electrons. The number of hydrogen-bond donors (Lipinski definition) is 2. The largest absolute Gasteiger partial charge is 0.489 e. The molecule has 1 aromatic carbocycles. The minimum absolute atomic E-state index is 0.538. The number of aromatic amines is 1. The van der Waals surface area contributed by atoms with Crippen LogP contribution in [0.4, 0.5) is 5.69 Å². The van der Waals surface area contributed by atoms with Crippen molar-refractivity contribution in [2.75, 3.05) is 25.6 Å². The molecule has 0 aliphatic heterocycles. The number of rotatable bonds is 7. The van der Waals surface area contributed by atoms with E-state index in [2.05, 4.69) is 21.4 Å². The SMILES string of the molecule is COCCOc1cc(C)ccc1NCc1nc[nH]c1C. The normalized spacial score (nSPS) is 10.6. The zero-order chi connectivity index (χ0) is 14.4. The van der Waals surface area contributed by atoms with Crippen LogP contribution in [0.15, 0.2) is 24.5 Å². The third-order valence-electron chi connectivity index (χ3n) is 3.06. The highest BCUT2D eigenvalue weighted by molar-refractivity contribution is 5.57. The number of methoxy groups -OCH3 is 1. The summed E-state index contributed by atoms with van der Waals surface area (Å²) in [5.41, 5.74) is 4.22. The second-order valence-electron chi connectivity index (χ2n) is 4.67. The Kier molecular flexibility index (Phi) is 5.01. The highest BCUT2D eigenvalue weighted by Gasteiger charge is 2.06. The van der Waals surface area contributed by atoms with Crippen LogP contribution in [0.3, 0.4) is 0 Å². The molecule has 0 saturated heterocycles. The Balaban J connectivity index is 2.04. The highest BCUT2D eigenvalue weighted by Crippen LogP contribution is 2.26. The molecule has 1 heterocycles. The van der Waals surface area contributed by atoms with Crippen molar-refractivity contribution in [1.82, 2.24) is 9.97 Å². The van der Waals surface area contributed by atoms with Gasteiger partial charge in [-0.15, -0.1) is 0 Å². The quantitative estimate of drug-likeness (QED) is 0.763. The molecule has 0 saturated carbocycles. The maximum Gasteiger partial charge on any atom is 0.142 e. The van der Waals surface area contributed by atoms with E-state index in [0.717, 1.165) is 22.8 Å². The van der Waals surface area contributed by atoms with Crippen LogP contribution in [0.2, 0.25) is 0 Å². The number of nitrogens with one attached hydrogen (secondary N) is 2. The average Bonchev–Trinajstić information content (AvgIpc) is 2.84. The second kappa shape index (κ2) is 6.96. The number of nitrogens with zero attached hydrogens (tertiary/aromatic N) is 1. The van der Waals surface area contributed by atoms with Crippen molar-refractivity contribution >= 4 is 5.69 Å². The summed E-state index contributed by atoms with van der Waals surface area (Å²) in [7, 11) is 1.67. The summed E-state index contributed by atoms with van der Waals surface area (Å²) in [5, 5.41) is 3.36. The summed E-state index contributed by atoms with van der Waals surface area (Å²) >= 11 is 0. The van der Waals surface area contributed by atoms with Crippen molar-refractivity contribution in [2.24, 2.45) is 0 Å². The number of H-pyrrole nitrogens is 1. The third kappa shape index (κ3) is 3.74. The van der Waals surface area contributed by atoms with Crippen LogP contribution in [0.25, 0.3) is 0 Å². The van der Waals surface area contributed by atoms with Gasteiger partial charge in [0.15, 0.2) is 0 Å². The molecule has 0 unspecified atom stereocenters. The lowest BCUT2D eigenvalue weighted by Gasteiger charge is -2.13. The maximum atomic E-state index is 5.74. The number of ether oxygens (including phenoxy) is 2. The zero-order valence-electron chi connectivity index (χ0n) is 12.2. The van der Waals surface area contributed by atoms with Gasteiger partial charge in [-0.3, -0.25) is 0 Å². The van der Waals surface area contributed by atoms with E-state index in [1.807, 2.05) is 26.0 Å². The second-order valence-corrected chi connectivity index (χ2v) is 4.67. The fourth-order valence-electron chi connectivity index (χ4n) is 1.87. The molecule has 0 radical (unpaired) electrons. The number of anilines is 1. The highest BCUT2D eigenvalue weighted by atomic mass is 16.5. The molecular formula is C15H21N3O2. The van der Waals surface area contributed by atoms with Gasteiger partial charge in [0.05, 0.1) is 30.9 Å². The van der Waals surface area contributed by atoms with Crippen molar-refractivity contribution < 1.29 is 9.47 Å². The Bertz CT molecular complexity index is 552. The molecule has 1 aromatic heterocycles. The van der Waals surface area contributed by atoms with Crippen LogP contribution < -0.4 is 10.1 Å². The molecule has 0 aliphatic carbocycles. The number of imidazole rings is 1. The first-order chi connectivity index (χ1) is 9.70. The molecule has 2 N–H and O–H groups in total. The molecule has 0 spiro atoms. The van der Waals surface area contributed by atoms with Gasteiger partial charge in [-0.1, -0.05) is 6.07 Å². The zero-order valence-corrected chi connectivity index (χ0v) is 12.2. The molecule has 5 nitrogen and oxygen atoms in total. The molecular weight excluding hydrogens is 254 g/mol. The summed E-state index contributed by atoms with van der Waals surface area (Å²) in [6.45, 7) is 5.83. The fourth-order valence-corrected chi connectivity index (χ4v) is 1.87. The van der Waals surface area contributed by atoms with E-state index < -0.39 is 0 Å². The first-order valence-corrected chi connectivity index (χ1v) is 6.66. The van der Waals surface area contributed by atoms with Crippen LogP contribution >= 0.6 is 0 Å². The Hall–Kier alpha value is -2.01. The lowest BCUT2D eigenvalue weighted by molar-refractivity contribution is 0.146. The van der Waals surface area contributed by atoms with Crippen molar-refractivity contribution in [1.29, 1.82) is 0 Å². The summed E-state index contributed by atoms with van der Waals surface area (Å²) in [6, 6.07) is 6.11. The Morgan fingerprint density at radius 2 is 2.10 bits per heavy atom. The van der Waals surface area contributed by atoms with Gasteiger partial charge in [0.1, 0.15) is 12.4 Å². The van der Waals surface area contributed by atoms with Gasteiger partial charge in [-0.25, -0.2) is 4.98 Å². The number of benzene rings is 1. The first-order valence-electron chi connectivity index (χ1n) is 6.66. The van der Waals surface area contributed by atoms with Crippen LogP contribution in [0.1, 0.15) is 17.0 Å². The van der Waals surface area contributed by atoms with Crippen LogP contribution in [-0.4, -0.2) is 30.3 Å². The van der Waals surface area contributed by atoms with E-state index in [4.69, 9.17) is 9.47 Å². The summed E-state index contributed by atoms with van der Waals surface area (Å²) in [4.78, 5) is 7.35. The van der Waals surface area contributed by atoms with E-state index in [0.29, 0.717) is 19.8 Å². The Morgan fingerprint density at radius 1 is 1.25 bits per heavy atom. The molecule has 0 aliphatic rings. The molecule has 0 amide bonds. The first kappa shape index (κ1) is 14.4. The summed E-state index contributed by atoms with van der Waals surface area (Å²) in [6.07, 6.45) is 1.71. The molecule has 5 heteroatoms. The van der Waals surface area contributed by atoms with Gasteiger partial charge < -0.3 is 19.8 Å². The van der Waals surface area contributed by atoms with Crippen LogP contribution in [0, 0.1) is 13.8 Å². The van der Waals surface area contributed by atoms with Gasteiger partial charge in [0.25, 0.3) is 0 Å². The fraction of sp³-hybridized carbons (Fsp3) is 0.400. The van der Waals surface area contributed by atoms with Crippen molar-refractivity contribution in [3.05, 3.63) is 41.5 Å². The molecule has 0 bridgehead atoms. The van der Waals surface area contributed by atoms with Gasteiger partial charge in [-0.2, -0.15) is 0 Å². The van der Waals surface area contributed by atoms with Gasteiger partial charge in [-0.05, 0) is 31.5 Å². The molecule has 0 atom stereocenters. The number of hydrogen-bond acceptors (Lipinski definition) is 4. The minimum atomic E-state index is 0.538. The Morgan fingerprint density at radius 3 is 2.80 bits per heavy atom. The summed E-state index contributed by atoms with van der Waals surface area (Å²) < 4.78 is 10.8. The van der Waals surface area contributed by atoms with Gasteiger partial charge in [0.2, 0.25) is 0 Å². The molecule has 0 fully saturated rings. The number of aryl methyl sites for hydroxylation is 2. The smallest absolute Gasteiger partial charge is 0.142 e. The van der Waals surface area contributed by atoms with E-state index in [1.165, 1.54) is 5.56 Å². The van der Waals surface area contributed by atoms with Crippen LogP contribution in [0.5, 0.6) is 5.75 Å². The van der Waals surface area contributed by atoms with Crippen molar-refractivity contribution in [2.45, 2.75) is 20.4 Å². The minimum Gasteiger partial charge on any atom is -0.489 e. The van der Waals surface area contributed by atoms with Gasteiger partial charge >= 0.3 is 0 Å². The molecule has 2 rings (SSSR count). The molecule has 20 heavy (non-hydrogen) atoms. The number of aromatic nitrogens is 2. The lowest BCUT2D eigenvalue weighted by atomic mass is 10.2.